The molecule has 1 amide bonds. The molecule has 1 heterocycles. The Kier molecular flexibility index (Phi) is 6.89. The molecule has 32 heavy (non-hydrogen) atoms. The zero-order chi connectivity index (χ0) is 22.6. The van der Waals surface area contributed by atoms with E-state index in [2.05, 4.69) is 34.0 Å². The number of fused-ring (bicyclic) bond motifs is 1. The van der Waals surface area contributed by atoms with Crippen LogP contribution in [0.2, 0.25) is 0 Å². The molecular weight excluding hydrogens is 422 g/mol. The zero-order valence-electron chi connectivity index (χ0n) is 18.2. The van der Waals surface area contributed by atoms with E-state index in [9.17, 15) is 13.2 Å². The second-order valence-electron chi connectivity index (χ2n) is 8.29. The van der Waals surface area contributed by atoms with Crippen LogP contribution in [0.3, 0.4) is 0 Å². The molecule has 1 fully saturated rings. The monoisotopic (exact) mass is 451 g/mol. The smallest absolute Gasteiger partial charge is 0.240 e. The van der Waals surface area contributed by atoms with E-state index in [1.54, 1.807) is 18.2 Å². The standard InChI is InChI=1S/C25H29N3O3S/c1-19(20-7-3-2-4-8-20)28-16-14-23(18-28)27-25(29)13-15-26-32(30,31)24-12-11-21-9-5-6-10-22(21)17-24/h2-12,17,19,23,26H,13-16,18H2,1H3,(H,27,29). The number of sulfonamides is 1. The van der Waals surface area contributed by atoms with Gasteiger partial charge < -0.3 is 5.32 Å². The molecule has 7 heteroatoms. The first kappa shape index (κ1) is 22.5. The van der Waals surface area contributed by atoms with Crippen LogP contribution < -0.4 is 10.0 Å². The highest BCUT2D eigenvalue weighted by Gasteiger charge is 2.27. The Balaban J connectivity index is 1.25. The zero-order valence-corrected chi connectivity index (χ0v) is 19.0. The molecule has 1 saturated heterocycles. The summed E-state index contributed by atoms with van der Waals surface area (Å²) in [7, 11) is -3.66. The highest BCUT2D eigenvalue weighted by atomic mass is 32.2. The van der Waals surface area contributed by atoms with Gasteiger partial charge in [-0.2, -0.15) is 0 Å². The average Bonchev–Trinajstić information content (AvgIpc) is 3.27. The topological polar surface area (TPSA) is 78.5 Å². The first-order valence-corrected chi connectivity index (χ1v) is 12.5. The fourth-order valence-electron chi connectivity index (χ4n) is 4.22. The van der Waals surface area contributed by atoms with Gasteiger partial charge >= 0.3 is 0 Å². The van der Waals surface area contributed by atoms with Crippen molar-refractivity contribution in [2.45, 2.75) is 36.7 Å². The number of hydrogen-bond donors (Lipinski definition) is 2. The van der Waals surface area contributed by atoms with Gasteiger partial charge in [-0.25, -0.2) is 13.1 Å². The second-order valence-corrected chi connectivity index (χ2v) is 10.1. The molecule has 0 spiro atoms. The lowest BCUT2D eigenvalue weighted by atomic mass is 10.1. The molecule has 3 aromatic rings. The fourth-order valence-corrected chi connectivity index (χ4v) is 5.28. The van der Waals surface area contributed by atoms with E-state index in [-0.39, 0.29) is 29.8 Å². The van der Waals surface area contributed by atoms with Crippen LogP contribution in [0.5, 0.6) is 0 Å². The lowest BCUT2D eigenvalue weighted by Gasteiger charge is -2.24. The van der Waals surface area contributed by atoms with Crippen molar-refractivity contribution in [2.24, 2.45) is 0 Å². The third-order valence-corrected chi connectivity index (χ3v) is 7.55. The van der Waals surface area contributed by atoms with Crippen molar-refractivity contribution >= 4 is 26.7 Å². The van der Waals surface area contributed by atoms with Gasteiger partial charge in [-0.1, -0.05) is 60.7 Å². The van der Waals surface area contributed by atoms with Crippen LogP contribution in [0.25, 0.3) is 10.8 Å². The van der Waals surface area contributed by atoms with Gasteiger partial charge in [0.15, 0.2) is 0 Å². The summed E-state index contributed by atoms with van der Waals surface area (Å²) in [5, 5.41) is 4.90. The lowest BCUT2D eigenvalue weighted by Crippen LogP contribution is -2.39. The molecule has 4 rings (SSSR count). The van der Waals surface area contributed by atoms with Crippen molar-refractivity contribution in [1.82, 2.24) is 14.9 Å². The van der Waals surface area contributed by atoms with E-state index in [0.717, 1.165) is 30.3 Å². The molecule has 0 saturated carbocycles. The van der Waals surface area contributed by atoms with Crippen molar-refractivity contribution in [3.63, 3.8) is 0 Å². The van der Waals surface area contributed by atoms with E-state index in [1.807, 2.05) is 42.5 Å². The van der Waals surface area contributed by atoms with E-state index in [1.165, 1.54) is 5.56 Å². The molecule has 2 unspecified atom stereocenters. The summed E-state index contributed by atoms with van der Waals surface area (Å²) >= 11 is 0. The summed E-state index contributed by atoms with van der Waals surface area (Å²) in [6.45, 7) is 3.97. The van der Waals surface area contributed by atoms with Crippen molar-refractivity contribution in [3.8, 4) is 0 Å². The van der Waals surface area contributed by atoms with Crippen molar-refractivity contribution in [2.75, 3.05) is 19.6 Å². The Morgan fingerprint density at radius 1 is 1.03 bits per heavy atom. The van der Waals surface area contributed by atoms with Crippen LogP contribution in [0.4, 0.5) is 0 Å². The Hall–Kier alpha value is -2.74. The van der Waals surface area contributed by atoms with Crippen molar-refractivity contribution in [1.29, 1.82) is 0 Å². The van der Waals surface area contributed by atoms with E-state index < -0.39 is 10.0 Å². The van der Waals surface area contributed by atoms with Gasteiger partial charge in [-0.15, -0.1) is 0 Å². The maximum atomic E-state index is 12.6. The Morgan fingerprint density at radius 3 is 2.53 bits per heavy atom. The summed E-state index contributed by atoms with van der Waals surface area (Å²) < 4.78 is 27.8. The molecule has 3 aromatic carbocycles. The first-order valence-electron chi connectivity index (χ1n) is 11.0. The Morgan fingerprint density at radius 2 is 1.75 bits per heavy atom. The van der Waals surface area contributed by atoms with Gasteiger partial charge in [0.1, 0.15) is 0 Å². The van der Waals surface area contributed by atoms with Crippen LogP contribution in [0.1, 0.15) is 31.4 Å². The fraction of sp³-hybridized carbons (Fsp3) is 0.320. The summed E-state index contributed by atoms with van der Waals surface area (Å²) in [6, 6.07) is 23.4. The van der Waals surface area contributed by atoms with Gasteiger partial charge in [-0.05, 0) is 41.8 Å². The normalized spacial score (nSPS) is 18.0. The van der Waals surface area contributed by atoms with Gasteiger partial charge in [-0.3, -0.25) is 9.69 Å². The number of nitrogens with one attached hydrogen (secondary N) is 2. The molecule has 0 aliphatic carbocycles. The predicted molar refractivity (Wildman–Crippen MR) is 127 cm³/mol. The third kappa shape index (κ3) is 5.35. The molecule has 168 valence electrons. The lowest BCUT2D eigenvalue weighted by molar-refractivity contribution is -0.121. The minimum Gasteiger partial charge on any atom is -0.352 e. The minimum absolute atomic E-state index is 0.0673. The van der Waals surface area contributed by atoms with Crippen LogP contribution in [-0.2, 0) is 14.8 Å². The second kappa shape index (κ2) is 9.81. The molecule has 6 nitrogen and oxygen atoms in total. The number of benzene rings is 3. The van der Waals surface area contributed by atoms with E-state index >= 15 is 0 Å². The maximum absolute atomic E-state index is 12.6. The molecule has 0 radical (unpaired) electrons. The van der Waals surface area contributed by atoms with Gasteiger partial charge in [0.25, 0.3) is 0 Å². The number of likely N-dealkylation sites (tertiary alicyclic amines) is 1. The highest BCUT2D eigenvalue weighted by molar-refractivity contribution is 7.89. The molecular formula is C25H29N3O3S. The predicted octanol–water partition coefficient (Wildman–Crippen LogP) is 3.46. The Bertz CT molecular complexity index is 1180. The Labute approximate surface area is 189 Å². The number of carbonyl (C=O) groups excluding carboxylic acids is 1. The number of carbonyl (C=O) groups is 1. The number of amides is 1. The summed E-state index contributed by atoms with van der Waals surface area (Å²) in [5.41, 5.74) is 1.27. The number of hydrogen-bond acceptors (Lipinski definition) is 4. The first-order chi connectivity index (χ1) is 15.4. The van der Waals surface area contributed by atoms with E-state index in [0.29, 0.717) is 6.04 Å². The molecule has 2 N–H and O–H groups in total. The highest BCUT2D eigenvalue weighted by Crippen LogP contribution is 2.24. The van der Waals surface area contributed by atoms with Crippen molar-refractivity contribution in [3.05, 3.63) is 78.4 Å². The number of rotatable bonds is 8. The molecule has 0 aromatic heterocycles. The quantitative estimate of drug-likeness (QED) is 0.550. The summed E-state index contributed by atoms with van der Waals surface area (Å²) in [6.07, 6.45) is 1.00. The minimum atomic E-state index is -3.66. The number of nitrogens with zero attached hydrogens (tertiary/aromatic N) is 1. The largest absolute Gasteiger partial charge is 0.352 e. The van der Waals surface area contributed by atoms with Gasteiger partial charge in [0.05, 0.1) is 4.90 Å². The van der Waals surface area contributed by atoms with Crippen LogP contribution >= 0.6 is 0 Å². The SMILES string of the molecule is CC(c1ccccc1)N1CCC(NC(=O)CCNS(=O)(=O)c2ccc3ccccc3c2)C1. The van der Waals surface area contributed by atoms with Crippen LogP contribution in [0, 0.1) is 0 Å². The van der Waals surface area contributed by atoms with Crippen LogP contribution in [0.15, 0.2) is 77.7 Å². The summed E-state index contributed by atoms with van der Waals surface area (Å²) in [5.74, 6) is -0.134. The molecule has 0 bridgehead atoms. The van der Waals surface area contributed by atoms with Gasteiger partial charge in [0, 0.05) is 38.1 Å². The van der Waals surface area contributed by atoms with Crippen LogP contribution in [-0.4, -0.2) is 44.9 Å². The molecule has 1 aliphatic heterocycles. The van der Waals surface area contributed by atoms with Gasteiger partial charge in [0.2, 0.25) is 15.9 Å². The molecule has 1 aliphatic rings. The summed E-state index contributed by atoms with van der Waals surface area (Å²) in [4.78, 5) is 14.9. The van der Waals surface area contributed by atoms with E-state index in [4.69, 9.17) is 0 Å². The third-order valence-electron chi connectivity index (χ3n) is 6.09. The average molecular weight is 452 g/mol. The van der Waals surface area contributed by atoms with Crippen molar-refractivity contribution < 1.29 is 13.2 Å². The maximum Gasteiger partial charge on any atom is 0.240 e. The molecule has 2 atom stereocenters.